The first kappa shape index (κ1) is 64.8. The van der Waals surface area contributed by atoms with Gasteiger partial charge in [-0.25, -0.2) is 0 Å². The summed E-state index contributed by atoms with van der Waals surface area (Å²) >= 11 is 6.36. The summed E-state index contributed by atoms with van der Waals surface area (Å²) in [7, 11) is 8.49. The Kier molecular flexibility index (Phi) is 25.0. The summed E-state index contributed by atoms with van der Waals surface area (Å²) in [4.78, 5) is 137. The lowest BCUT2D eigenvalue weighted by atomic mass is 9.94. The first-order chi connectivity index (χ1) is 34.1. The molecule has 0 bridgehead atoms. The molecule has 0 aromatic heterocycles. The number of rotatable bonds is 11. The van der Waals surface area contributed by atoms with E-state index >= 15 is 0 Å². The molecule has 2 rings (SSSR count). The summed E-state index contributed by atoms with van der Waals surface area (Å²) in [5, 5.41) is 19.6. The van der Waals surface area contributed by atoms with Crippen molar-refractivity contribution in [2.45, 2.75) is 175 Å². The largest absolute Gasteiger partial charge is 0.391 e. The first-order valence-electron chi connectivity index (χ1n) is 25.7. The summed E-state index contributed by atoms with van der Waals surface area (Å²) in [5.74, 6) is -6.69. The van der Waals surface area contributed by atoms with Gasteiger partial charge in [-0.15, -0.1) is 0 Å². The Morgan fingerprint density at radius 3 is 1.76 bits per heavy atom. The van der Waals surface area contributed by atoms with Crippen LogP contribution in [0.2, 0.25) is 5.02 Å². The van der Waals surface area contributed by atoms with E-state index < -0.39 is 120 Å². The standard InChI is InChI=1S/C53H88ClN9O11/c1-19-32(6)45-47(68)55-33(7)25-43(66)59(14)34(8)48(69)61(16)41(27-36-21-20-22-37(54)26-36)50(71)60(15)39(23-30(2)3)46(67)57-44(35(9)64)52(73)58(13)28-42(65)56-38(29-74-53(10,11)12)49(70)62(17)40(24-31(4)5)51(72)63(45)18/h20-22,26,30-35,38-41,44-45,64H,19,23-25,27-29H2,1-18H3,(H,55,68)(H,56,65)(H,57,67)/t32-,33-,34+,35+,38-,39-,40-,41-,44-,45-/m0/s1. The van der Waals surface area contributed by atoms with Crippen LogP contribution in [0.15, 0.2) is 24.3 Å². The zero-order valence-corrected chi connectivity index (χ0v) is 48.0. The highest BCUT2D eigenvalue weighted by Gasteiger charge is 2.42. The molecular weight excluding hydrogens is 974 g/mol. The summed E-state index contributed by atoms with van der Waals surface area (Å²) in [6.07, 6.45) is -1.03. The molecular formula is C53H88ClN9O11. The minimum Gasteiger partial charge on any atom is -0.391 e. The quantitative estimate of drug-likeness (QED) is 0.251. The fourth-order valence-corrected chi connectivity index (χ4v) is 8.98. The van der Waals surface area contributed by atoms with Crippen LogP contribution in [0.25, 0.3) is 0 Å². The van der Waals surface area contributed by atoms with Gasteiger partial charge < -0.3 is 55.2 Å². The molecule has 1 heterocycles. The molecule has 1 saturated heterocycles. The highest BCUT2D eigenvalue weighted by molar-refractivity contribution is 6.30. The van der Waals surface area contributed by atoms with Crippen LogP contribution in [0.5, 0.6) is 0 Å². The molecule has 1 aromatic carbocycles. The summed E-state index contributed by atoms with van der Waals surface area (Å²) < 4.78 is 6.00. The minimum absolute atomic E-state index is 0.0470. The molecule has 1 aliphatic rings. The number of hydrogen-bond acceptors (Lipinski definition) is 11. The van der Waals surface area contributed by atoms with E-state index in [0.717, 1.165) is 4.90 Å². The van der Waals surface area contributed by atoms with Crippen LogP contribution in [-0.2, 0) is 54.3 Å². The van der Waals surface area contributed by atoms with Gasteiger partial charge in [0.2, 0.25) is 53.2 Å². The molecule has 0 spiro atoms. The van der Waals surface area contributed by atoms with Gasteiger partial charge in [0, 0.05) is 66.2 Å². The maximum Gasteiger partial charge on any atom is 0.248 e. The number of nitrogens with zero attached hydrogens (tertiary/aromatic N) is 6. The highest BCUT2D eigenvalue weighted by Crippen LogP contribution is 2.23. The Morgan fingerprint density at radius 1 is 0.689 bits per heavy atom. The van der Waals surface area contributed by atoms with Crippen LogP contribution in [0.4, 0.5) is 0 Å². The topological polar surface area (TPSA) is 239 Å². The van der Waals surface area contributed by atoms with E-state index in [2.05, 4.69) is 16.0 Å². The minimum atomic E-state index is -1.61. The number of nitrogens with one attached hydrogen (secondary N) is 3. The van der Waals surface area contributed by atoms with Crippen molar-refractivity contribution in [2.75, 3.05) is 55.4 Å². The van der Waals surface area contributed by atoms with E-state index in [0.29, 0.717) is 17.0 Å². The number of hydrogen-bond donors (Lipinski definition) is 4. The maximum absolute atomic E-state index is 14.9. The second kappa shape index (κ2) is 28.5. The van der Waals surface area contributed by atoms with Gasteiger partial charge >= 0.3 is 0 Å². The lowest BCUT2D eigenvalue weighted by Gasteiger charge is -2.39. The molecule has 1 aliphatic heterocycles. The van der Waals surface area contributed by atoms with E-state index in [-0.39, 0.29) is 50.0 Å². The van der Waals surface area contributed by atoms with Crippen LogP contribution in [0.1, 0.15) is 114 Å². The number of carbonyl (C=O) groups excluding carboxylic acids is 9. The van der Waals surface area contributed by atoms with E-state index in [1.807, 2.05) is 41.5 Å². The lowest BCUT2D eigenvalue weighted by Crippen LogP contribution is -2.61. The van der Waals surface area contributed by atoms with Crippen LogP contribution in [-0.4, -0.2) is 203 Å². The van der Waals surface area contributed by atoms with Crippen molar-refractivity contribution in [1.29, 1.82) is 0 Å². The van der Waals surface area contributed by atoms with Crippen molar-refractivity contribution in [3.05, 3.63) is 34.9 Å². The third kappa shape index (κ3) is 18.5. The molecule has 10 atom stereocenters. The predicted molar refractivity (Wildman–Crippen MR) is 283 cm³/mol. The van der Waals surface area contributed by atoms with Crippen molar-refractivity contribution in [3.8, 4) is 0 Å². The predicted octanol–water partition coefficient (Wildman–Crippen LogP) is 2.71. The Balaban J connectivity index is 2.87. The van der Waals surface area contributed by atoms with Crippen molar-refractivity contribution in [3.63, 3.8) is 0 Å². The highest BCUT2D eigenvalue weighted by atomic mass is 35.5. The van der Waals surface area contributed by atoms with E-state index in [9.17, 15) is 48.3 Å². The maximum atomic E-state index is 14.9. The smallest absolute Gasteiger partial charge is 0.248 e. The lowest BCUT2D eigenvalue weighted by molar-refractivity contribution is -0.152. The van der Waals surface area contributed by atoms with Crippen molar-refractivity contribution in [1.82, 2.24) is 45.3 Å². The van der Waals surface area contributed by atoms with Gasteiger partial charge in [-0.3, -0.25) is 43.2 Å². The van der Waals surface area contributed by atoms with Gasteiger partial charge in [-0.2, -0.15) is 0 Å². The molecule has 9 amide bonds. The van der Waals surface area contributed by atoms with Crippen molar-refractivity contribution >= 4 is 64.8 Å². The SMILES string of the molecule is CC[C@H](C)[C@H]1C(=O)N[C@@H](C)CC(=O)N(C)[C@H](C)C(=O)N(C)[C@@H](Cc2cccc(Cl)c2)C(=O)N(C)[C@@H](CC(C)C)C(=O)N[C@@H]([C@@H](C)O)C(=O)N(C)CC(=O)N[C@@H](COC(C)(C)C)C(=O)N(C)[C@@H](CC(C)C)C(=O)N1C. The van der Waals surface area contributed by atoms with E-state index in [1.54, 1.807) is 52.0 Å². The third-order valence-electron chi connectivity index (χ3n) is 13.6. The van der Waals surface area contributed by atoms with Gasteiger partial charge in [-0.1, -0.05) is 71.7 Å². The monoisotopic (exact) mass is 1060 g/mol. The molecule has 418 valence electrons. The molecule has 1 aromatic rings. The van der Waals surface area contributed by atoms with Crippen LogP contribution in [0.3, 0.4) is 0 Å². The number of carbonyl (C=O) groups is 9. The average Bonchev–Trinajstić information content (AvgIpc) is 3.31. The third-order valence-corrected chi connectivity index (χ3v) is 13.8. The molecule has 1 fully saturated rings. The van der Waals surface area contributed by atoms with Gasteiger partial charge in [0.1, 0.15) is 42.3 Å². The average molecular weight is 1060 g/mol. The van der Waals surface area contributed by atoms with Crippen LogP contribution < -0.4 is 16.0 Å². The van der Waals surface area contributed by atoms with Crippen molar-refractivity contribution in [2.24, 2.45) is 17.8 Å². The molecule has 21 heteroatoms. The fourth-order valence-electron chi connectivity index (χ4n) is 8.77. The van der Waals surface area contributed by atoms with E-state index in [1.165, 1.54) is 80.6 Å². The Labute approximate surface area is 444 Å². The molecule has 0 radical (unpaired) electrons. The van der Waals surface area contributed by atoms with Crippen LogP contribution in [0, 0.1) is 17.8 Å². The zero-order valence-electron chi connectivity index (χ0n) is 47.3. The number of benzene rings is 1. The Morgan fingerprint density at radius 2 is 1.23 bits per heavy atom. The van der Waals surface area contributed by atoms with Gasteiger partial charge in [0.05, 0.1) is 24.9 Å². The summed E-state index contributed by atoms with van der Waals surface area (Å²) in [6.45, 7) is 19.9. The number of ether oxygens (including phenoxy) is 1. The van der Waals surface area contributed by atoms with Gasteiger partial charge in [0.15, 0.2) is 0 Å². The Hall–Kier alpha value is -5.34. The van der Waals surface area contributed by atoms with Crippen molar-refractivity contribution < 1.29 is 53.0 Å². The van der Waals surface area contributed by atoms with Gasteiger partial charge in [0.25, 0.3) is 0 Å². The number of likely N-dealkylation sites (N-methyl/N-ethyl adjacent to an activating group) is 6. The second-order valence-corrected chi connectivity index (χ2v) is 22.5. The second-order valence-electron chi connectivity index (χ2n) is 22.0. The summed E-state index contributed by atoms with van der Waals surface area (Å²) in [5.41, 5.74) is -0.180. The van der Waals surface area contributed by atoms with Gasteiger partial charge in [-0.05, 0) is 89.8 Å². The number of halogens is 1. The molecule has 4 N–H and O–H groups in total. The zero-order chi connectivity index (χ0) is 56.8. The van der Waals surface area contributed by atoms with E-state index in [4.69, 9.17) is 16.3 Å². The summed E-state index contributed by atoms with van der Waals surface area (Å²) in [6, 6.07) is -2.78. The van der Waals surface area contributed by atoms with Crippen LogP contribution >= 0.6 is 11.6 Å². The molecule has 20 nitrogen and oxygen atoms in total. The number of amides is 9. The normalized spacial score (nSPS) is 26.1. The molecule has 0 aliphatic carbocycles. The first-order valence-corrected chi connectivity index (χ1v) is 26.1. The Bertz CT molecular complexity index is 2130. The fraction of sp³-hybridized carbons (Fsp3) is 0.717. The number of aliphatic hydroxyl groups is 1. The molecule has 74 heavy (non-hydrogen) atoms. The molecule has 0 unspecified atom stereocenters. The number of aliphatic hydroxyl groups excluding tert-OH is 1. The molecule has 0 saturated carbocycles.